The molecule has 1 heterocycles. The molecule has 0 aliphatic heterocycles. The topological polar surface area (TPSA) is 50.1 Å². The molecule has 0 aromatic carbocycles. The van der Waals surface area contributed by atoms with Gasteiger partial charge in [0, 0.05) is 13.6 Å². The molecular weight excluding hydrogens is 226 g/mol. The zero-order valence-corrected chi connectivity index (χ0v) is 11.5. The number of hydrogen-bond acceptors (Lipinski definition) is 3. The van der Waals surface area contributed by atoms with E-state index in [0.29, 0.717) is 5.92 Å². The van der Waals surface area contributed by atoms with Gasteiger partial charge in [-0.1, -0.05) is 13.3 Å². The fraction of sp³-hybridized carbons (Fsp3) is 0.786. The van der Waals surface area contributed by atoms with E-state index >= 15 is 0 Å². The Morgan fingerprint density at radius 3 is 3.00 bits per heavy atom. The van der Waals surface area contributed by atoms with Crippen molar-refractivity contribution in [1.29, 1.82) is 0 Å². The number of nitrogens with zero attached hydrogens (tertiary/aromatic N) is 2. The van der Waals surface area contributed by atoms with E-state index in [1.807, 2.05) is 11.7 Å². The predicted molar refractivity (Wildman–Crippen MR) is 72.3 cm³/mol. The molecule has 1 aliphatic rings. The second kappa shape index (κ2) is 6.34. The molecule has 18 heavy (non-hydrogen) atoms. The number of hydrogen-bond donors (Lipinski definition) is 2. The number of nitrogens with one attached hydrogen (secondary N) is 1. The van der Waals surface area contributed by atoms with Crippen LogP contribution in [0.2, 0.25) is 0 Å². The van der Waals surface area contributed by atoms with Crippen molar-refractivity contribution < 1.29 is 5.11 Å². The lowest BCUT2D eigenvalue weighted by Gasteiger charge is -2.25. The minimum absolute atomic E-state index is 0.0750. The van der Waals surface area contributed by atoms with E-state index < -0.39 is 0 Å². The molecule has 0 amide bonds. The summed E-state index contributed by atoms with van der Waals surface area (Å²) in [5, 5.41) is 17.6. The Kier molecular flexibility index (Phi) is 4.78. The van der Waals surface area contributed by atoms with Crippen LogP contribution in [0.5, 0.6) is 0 Å². The standard InChI is InChI=1S/C14H25N3O/c1-3-12-8-13(17(2)16-12)10-15-9-11-5-4-6-14(18)7-11/h8,11,14-15,18H,3-7,9-10H2,1-2H3. The van der Waals surface area contributed by atoms with Gasteiger partial charge in [0.25, 0.3) is 0 Å². The van der Waals surface area contributed by atoms with Crippen molar-refractivity contribution in [3.63, 3.8) is 0 Å². The van der Waals surface area contributed by atoms with Crippen LogP contribution >= 0.6 is 0 Å². The van der Waals surface area contributed by atoms with Crippen LogP contribution in [0, 0.1) is 5.92 Å². The van der Waals surface area contributed by atoms with Crippen molar-refractivity contribution in [1.82, 2.24) is 15.1 Å². The molecule has 4 heteroatoms. The van der Waals surface area contributed by atoms with Gasteiger partial charge >= 0.3 is 0 Å². The average molecular weight is 251 g/mol. The Bertz CT molecular complexity index is 375. The van der Waals surface area contributed by atoms with E-state index in [1.54, 1.807) is 0 Å². The number of aliphatic hydroxyl groups is 1. The number of rotatable bonds is 5. The van der Waals surface area contributed by atoms with Gasteiger partial charge in [-0.05, 0) is 44.2 Å². The van der Waals surface area contributed by atoms with Gasteiger partial charge in [0.2, 0.25) is 0 Å². The highest BCUT2D eigenvalue weighted by Crippen LogP contribution is 2.23. The summed E-state index contributed by atoms with van der Waals surface area (Å²) in [6.07, 6.45) is 5.27. The Labute approximate surface area is 109 Å². The normalized spacial score (nSPS) is 24.4. The maximum atomic E-state index is 9.63. The largest absolute Gasteiger partial charge is 0.393 e. The molecular formula is C14H25N3O. The molecule has 2 unspecified atom stereocenters. The average Bonchev–Trinajstić information content (AvgIpc) is 2.71. The molecule has 2 rings (SSSR count). The first-order valence-electron chi connectivity index (χ1n) is 7.09. The molecule has 102 valence electrons. The first-order valence-corrected chi connectivity index (χ1v) is 7.09. The zero-order chi connectivity index (χ0) is 13.0. The van der Waals surface area contributed by atoms with E-state index in [0.717, 1.165) is 38.0 Å². The highest BCUT2D eigenvalue weighted by atomic mass is 16.3. The van der Waals surface area contributed by atoms with Gasteiger partial charge in [-0.15, -0.1) is 0 Å². The maximum Gasteiger partial charge on any atom is 0.0625 e. The monoisotopic (exact) mass is 251 g/mol. The Morgan fingerprint density at radius 2 is 2.33 bits per heavy atom. The van der Waals surface area contributed by atoms with Crippen LogP contribution in [0.4, 0.5) is 0 Å². The maximum absolute atomic E-state index is 9.63. The third kappa shape index (κ3) is 3.56. The molecule has 1 fully saturated rings. The van der Waals surface area contributed by atoms with Crippen molar-refractivity contribution in [3.05, 3.63) is 17.5 Å². The molecule has 0 saturated heterocycles. The number of aryl methyl sites for hydroxylation is 2. The molecule has 1 aromatic heterocycles. The predicted octanol–water partition coefficient (Wildman–Crippen LogP) is 1.62. The summed E-state index contributed by atoms with van der Waals surface area (Å²) in [4.78, 5) is 0. The van der Waals surface area contributed by atoms with Crippen molar-refractivity contribution >= 4 is 0 Å². The quantitative estimate of drug-likeness (QED) is 0.836. The smallest absolute Gasteiger partial charge is 0.0625 e. The van der Waals surface area contributed by atoms with Gasteiger partial charge in [0.15, 0.2) is 0 Å². The molecule has 1 saturated carbocycles. The van der Waals surface area contributed by atoms with Crippen LogP contribution in [-0.2, 0) is 20.0 Å². The van der Waals surface area contributed by atoms with Gasteiger partial charge in [0.05, 0.1) is 17.5 Å². The van der Waals surface area contributed by atoms with Crippen LogP contribution < -0.4 is 5.32 Å². The van der Waals surface area contributed by atoms with E-state index in [1.165, 1.54) is 18.5 Å². The highest BCUT2D eigenvalue weighted by Gasteiger charge is 2.19. The Balaban J connectivity index is 1.75. The second-order valence-electron chi connectivity index (χ2n) is 5.42. The summed E-state index contributed by atoms with van der Waals surface area (Å²) >= 11 is 0. The molecule has 1 aromatic rings. The SMILES string of the molecule is CCc1cc(CNCC2CCCC(O)C2)n(C)n1. The van der Waals surface area contributed by atoms with Crippen LogP contribution in [-0.4, -0.2) is 27.5 Å². The summed E-state index contributed by atoms with van der Waals surface area (Å²) in [7, 11) is 2.00. The van der Waals surface area contributed by atoms with Crippen LogP contribution in [0.15, 0.2) is 6.07 Å². The zero-order valence-electron chi connectivity index (χ0n) is 11.5. The first-order chi connectivity index (χ1) is 8.69. The van der Waals surface area contributed by atoms with Gasteiger partial charge in [0.1, 0.15) is 0 Å². The van der Waals surface area contributed by atoms with E-state index in [9.17, 15) is 5.11 Å². The third-order valence-corrected chi connectivity index (χ3v) is 3.88. The molecule has 2 atom stereocenters. The Morgan fingerprint density at radius 1 is 1.50 bits per heavy atom. The first kappa shape index (κ1) is 13.6. The Hall–Kier alpha value is -0.870. The fourth-order valence-electron chi connectivity index (χ4n) is 2.76. The summed E-state index contributed by atoms with van der Waals surface area (Å²) in [5.74, 6) is 0.632. The van der Waals surface area contributed by atoms with Crippen molar-refractivity contribution in [2.75, 3.05) is 6.54 Å². The third-order valence-electron chi connectivity index (χ3n) is 3.88. The molecule has 4 nitrogen and oxygen atoms in total. The van der Waals surface area contributed by atoms with Gasteiger partial charge in [-0.2, -0.15) is 5.10 Å². The van der Waals surface area contributed by atoms with Crippen LogP contribution in [0.1, 0.15) is 44.0 Å². The van der Waals surface area contributed by atoms with Crippen molar-refractivity contribution in [3.8, 4) is 0 Å². The van der Waals surface area contributed by atoms with Gasteiger partial charge in [-0.25, -0.2) is 0 Å². The number of aliphatic hydroxyl groups excluding tert-OH is 1. The lowest BCUT2D eigenvalue weighted by molar-refractivity contribution is 0.100. The summed E-state index contributed by atoms with van der Waals surface area (Å²) < 4.78 is 1.96. The lowest BCUT2D eigenvalue weighted by Crippen LogP contribution is -2.29. The minimum atomic E-state index is -0.0750. The van der Waals surface area contributed by atoms with E-state index in [2.05, 4.69) is 23.4 Å². The molecule has 1 aliphatic carbocycles. The lowest BCUT2D eigenvalue weighted by atomic mass is 9.87. The van der Waals surface area contributed by atoms with Crippen molar-refractivity contribution in [2.45, 2.75) is 51.7 Å². The molecule has 2 N–H and O–H groups in total. The van der Waals surface area contributed by atoms with Gasteiger partial charge in [-0.3, -0.25) is 4.68 Å². The molecule has 0 bridgehead atoms. The van der Waals surface area contributed by atoms with Crippen LogP contribution in [0.25, 0.3) is 0 Å². The summed E-state index contributed by atoms with van der Waals surface area (Å²) in [5.41, 5.74) is 2.39. The van der Waals surface area contributed by atoms with E-state index in [-0.39, 0.29) is 6.10 Å². The van der Waals surface area contributed by atoms with Crippen molar-refractivity contribution in [2.24, 2.45) is 13.0 Å². The second-order valence-corrected chi connectivity index (χ2v) is 5.42. The molecule has 0 radical (unpaired) electrons. The highest BCUT2D eigenvalue weighted by molar-refractivity contribution is 5.09. The fourth-order valence-corrected chi connectivity index (χ4v) is 2.76. The van der Waals surface area contributed by atoms with E-state index in [4.69, 9.17) is 0 Å². The molecule has 0 spiro atoms. The summed E-state index contributed by atoms with van der Waals surface area (Å²) in [6, 6.07) is 2.17. The van der Waals surface area contributed by atoms with Gasteiger partial charge < -0.3 is 10.4 Å². The summed E-state index contributed by atoms with van der Waals surface area (Å²) in [6.45, 7) is 4.00. The number of aromatic nitrogens is 2. The minimum Gasteiger partial charge on any atom is -0.393 e. The van der Waals surface area contributed by atoms with Crippen LogP contribution in [0.3, 0.4) is 0 Å².